The van der Waals surface area contributed by atoms with Gasteiger partial charge in [-0.2, -0.15) is 5.26 Å². The molecule has 0 aromatic heterocycles. The van der Waals surface area contributed by atoms with E-state index in [-0.39, 0.29) is 5.91 Å². The van der Waals surface area contributed by atoms with E-state index < -0.39 is 0 Å². The highest BCUT2D eigenvalue weighted by atomic mass is 16.1. The molecule has 1 aromatic rings. The molecule has 0 bridgehead atoms. The van der Waals surface area contributed by atoms with Crippen LogP contribution < -0.4 is 10.2 Å². The van der Waals surface area contributed by atoms with Crippen LogP contribution in [0.25, 0.3) is 0 Å². The SMILES string of the molecule is C=CCNC(=O)CCN1CCN(c2ccc(C#N)cc2)CC1. The molecule has 5 heteroatoms. The summed E-state index contributed by atoms with van der Waals surface area (Å²) in [6.45, 7) is 8.71. The third kappa shape index (κ3) is 4.61. The summed E-state index contributed by atoms with van der Waals surface area (Å²) in [6.07, 6.45) is 2.22. The summed E-state index contributed by atoms with van der Waals surface area (Å²) in [5.74, 6) is 0.0782. The Morgan fingerprint density at radius 2 is 1.95 bits per heavy atom. The number of nitrogens with one attached hydrogen (secondary N) is 1. The van der Waals surface area contributed by atoms with Crippen molar-refractivity contribution in [3.63, 3.8) is 0 Å². The summed E-state index contributed by atoms with van der Waals surface area (Å²) in [5, 5.41) is 11.6. The third-order valence-corrected chi connectivity index (χ3v) is 3.83. The zero-order chi connectivity index (χ0) is 15.8. The molecule has 5 nitrogen and oxygen atoms in total. The molecule has 0 radical (unpaired) electrons. The lowest BCUT2D eigenvalue weighted by molar-refractivity contribution is -0.121. The first-order valence-corrected chi connectivity index (χ1v) is 7.58. The van der Waals surface area contributed by atoms with Gasteiger partial charge in [0.05, 0.1) is 11.6 Å². The van der Waals surface area contributed by atoms with E-state index >= 15 is 0 Å². The second-order valence-electron chi connectivity index (χ2n) is 5.33. The van der Waals surface area contributed by atoms with Crippen LogP contribution in [0, 0.1) is 11.3 Å². The molecule has 1 aromatic carbocycles. The van der Waals surface area contributed by atoms with Crippen LogP contribution in [0.5, 0.6) is 0 Å². The first kappa shape index (κ1) is 16.1. The summed E-state index contributed by atoms with van der Waals surface area (Å²) in [6, 6.07) is 9.83. The van der Waals surface area contributed by atoms with Gasteiger partial charge in [-0.05, 0) is 24.3 Å². The zero-order valence-corrected chi connectivity index (χ0v) is 12.8. The second-order valence-corrected chi connectivity index (χ2v) is 5.33. The Kier molecular flexibility index (Phi) is 5.99. The van der Waals surface area contributed by atoms with Gasteiger partial charge in [-0.25, -0.2) is 0 Å². The standard InChI is InChI=1S/C17H22N4O/c1-2-8-19-17(22)7-9-20-10-12-21(13-11-20)16-5-3-15(14-18)4-6-16/h2-6H,1,7-13H2,(H,19,22). The van der Waals surface area contributed by atoms with E-state index in [0.29, 0.717) is 18.5 Å². The molecule has 1 aliphatic rings. The van der Waals surface area contributed by atoms with Gasteiger partial charge >= 0.3 is 0 Å². The largest absolute Gasteiger partial charge is 0.369 e. The highest BCUT2D eigenvalue weighted by Gasteiger charge is 2.17. The molecule has 0 atom stereocenters. The molecule has 1 N–H and O–H groups in total. The minimum Gasteiger partial charge on any atom is -0.369 e. The number of rotatable bonds is 6. The fourth-order valence-corrected chi connectivity index (χ4v) is 2.51. The van der Waals surface area contributed by atoms with E-state index in [1.54, 1.807) is 6.08 Å². The molecule has 2 rings (SSSR count). The highest BCUT2D eigenvalue weighted by molar-refractivity contribution is 5.76. The van der Waals surface area contributed by atoms with Crippen LogP contribution in [-0.4, -0.2) is 50.1 Å². The van der Waals surface area contributed by atoms with Crippen LogP contribution in [0.2, 0.25) is 0 Å². The summed E-state index contributed by atoms with van der Waals surface area (Å²) in [5.41, 5.74) is 1.84. The lowest BCUT2D eigenvalue weighted by atomic mass is 10.2. The molecule has 0 spiro atoms. The van der Waals surface area contributed by atoms with E-state index in [1.165, 1.54) is 0 Å². The fraction of sp³-hybridized carbons (Fsp3) is 0.412. The van der Waals surface area contributed by atoms with E-state index in [9.17, 15) is 4.79 Å². The number of amides is 1. The maximum Gasteiger partial charge on any atom is 0.221 e. The zero-order valence-electron chi connectivity index (χ0n) is 12.8. The molecule has 0 aliphatic carbocycles. The molecule has 1 saturated heterocycles. The van der Waals surface area contributed by atoms with Gasteiger partial charge in [-0.1, -0.05) is 6.08 Å². The lowest BCUT2D eigenvalue weighted by Crippen LogP contribution is -2.47. The number of piperazine rings is 1. The van der Waals surface area contributed by atoms with Crippen molar-refractivity contribution in [2.45, 2.75) is 6.42 Å². The van der Waals surface area contributed by atoms with Crippen molar-refractivity contribution in [3.8, 4) is 6.07 Å². The van der Waals surface area contributed by atoms with Gasteiger partial charge in [0.2, 0.25) is 5.91 Å². The summed E-state index contributed by atoms with van der Waals surface area (Å²) < 4.78 is 0. The molecule has 0 unspecified atom stereocenters. The normalized spacial score (nSPS) is 15.1. The number of nitrogens with zero attached hydrogens (tertiary/aromatic N) is 3. The number of hydrogen-bond acceptors (Lipinski definition) is 4. The molecule has 1 heterocycles. The van der Waals surface area contributed by atoms with Gasteiger partial charge in [0.25, 0.3) is 0 Å². The smallest absolute Gasteiger partial charge is 0.221 e. The van der Waals surface area contributed by atoms with Crippen LogP contribution in [0.15, 0.2) is 36.9 Å². The number of carbonyl (C=O) groups excluding carboxylic acids is 1. The topological polar surface area (TPSA) is 59.4 Å². The van der Waals surface area contributed by atoms with Crippen molar-refractivity contribution < 1.29 is 4.79 Å². The first-order chi connectivity index (χ1) is 10.7. The van der Waals surface area contributed by atoms with E-state index in [2.05, 4.69) is 27.8 Å². The van der Waals surface area contributed by atoms with Crippen molar-refractivity contribution in [2.24, 2.45) is 0 Å². The number of carbonyl (C=O) groups is 1. The lowest BCUT2D eigenvalue weighted by Gasteiger charge is -2.36. The van der Waals surface area contributed by atoms with Crippen molar-refractivity contribution >= 4 is 11.6 Å². The minimum atomic E-state index is 0.0782. The Balaban J connectivity index is 1.74. The summed E-state index contributed by atoms with van der Waals surface area (Å²) >= 11 is 0. The van der Waals surface area contributed by atoms with E-state index in [4.69, 9.17) is 5.26 Å². The summed E-state index contributed by atoms with van der Waals surface area (Å²) in [4.78, 5) is 16.2. The first-order valence-electron chi connectivity index (χ1n) is 7.58. The number of anilines is 1. The van der Waals surface area contributed by atoms with Crippen molar-refractivity contribution in [2.75, 3.05) is 44.2 Å². The van der Waals surface area contributed by atoms with E-state index in [1.807, 2.05) is 24.3 Å². The Labute approximate surface area is 131 Å². The highest BCUT2D eigenvalue weighted by Crippen LogP contribution is 2.17. The Morgan fingerprint density at radius 1 is 1.27 bits per heavy atom. The number of nitriles is 1. The van der Waals surface area contributed by atoms with Crippen molar-refractivity contribution in [1.82, 2.24) is 10.2 Å². The average molecular weight is 298 g/mol. The fourth-order valence-electron chi connectivity index (χ4n) is 2.51. The number of hydrogen-bond donors (Lipinski definition) is 1. The molecule has 1 fully saturated rings. The van der Waals surface area contributed by atoms with Crippen molar-refractivity contribution in [3.05, 3.63) is 42.5 Å². The third-order valence-electron chi connectivity index (χ3n) is 3.83. The van der Waals surface area contributed by atoms with E-state index in [0.717, 1.165) is 38.4 Å². The van der Waals surface area contributed by atoms with Gasteiger partial charge < -0.3 is 10.2 Å². The van der Waals surface area contributed by atoms with Gasteiger partial charge in [0.1, 0.15) is 0 Å². The Bertz CT molecular complexity index is 539. The van der Waals surface area contributed by atoms with Crippen LogP contribution in [0.3, 0.4) is 0 Å². The maximum absolute atomic E-state index is 11.6. The maximum atomic E-state index is 11.6. The summed E-state index contributed by atoms with van der Waals surface area (Å²) in [7, 11) is 0. The van der Waals surface area contributed by atoms with Gasteiger partial charge in [-0.15, -0.1) is 6.58 Å². The monoisotopic (exact) mass is 298 g/mol. The van der Waals surface area contributed by atoms with Gasteiger partial charge in [0, 0.05) is 51.4 Å². The Hall–Kier alpha value is -2.32. The molecular weight excluding hydrogens is 276 g/mol. The van der Waals surface area contributed by atoms with Gasteiger partial charge in [-0.3, -0.25) is 9.69 Å². The van der Waals surface area contributed by atoms with Crippen LogP contribution in [0.1, 0.15) is 12.0 Å². The molecule has 1 aliphatic heterocycles. The van der Waals surface area contributed by atoms with Crippen LogP contribution in [-0.2, 0) is 4.79 Å². The van der Waals surface area contributed by atoms with Crippen LogP contribution in [0.4, 0.5) is 5.69 Å². The molecule has 1 amide bonds. The molecular formula is C17H22N4O. The molecule has 116 valence electrons. The minimum absolute atomic E-state index is 0.0782. The van der Waals surface area contributed by atoms with Gasteiger partial charge in [0.15, 0.2) is 0 Å². The quantitative estimate of drug-likeness (QED) is 0.806. The second kappa shape index (κ2) is 8.20. The molecule has 22 heavy (non-hydrogen) atoms. The molecule has 0 saturated carbocycles. The Morgan fingerprint density at radius 3 is 2.55 bits per heavy atom. The average Bonchev–Trinajstić information content (AvgIpc) is 2.58. The predicted molar refractivity (Wildman–Crippen MR) is 87.6 cm³/mol. The number of benzene rings is 1. The predicted octanol–water partition coefficient (Wildman–Crippen LogP) is 1.37. The van der Waals surface area contributed by atoms with Crippen molar-refractivity contribution in [1.29, 1.82) is 5.26 Å². The van der Waals surface area contributed by atoms with Crippen LogP contribution >= 0.6 is 0 Å².